The number of pyridine rings is 1. The highest BCUT2D eigenvalue weighted by molar-refractivity contribution is 7.99. The summed E-state index contributed by atoms with van der Waals surface area (Å²) < 4.78 is 0. The van der Waals surface area contributed by atoms with Crippen molar-refractivity contribution in [3.8, 4) is 0 Å². The lowest BCUT2D eigenvalue weighted by molar-refractivity contribution is 0.0715. The van der Waals surface area contributed by atoms with Crippen molar-refractivity contribution in [2.45, 2.75) is 19.9 Å². The summed E-state index contributed by atoms with van der Waals surface area (Å²) in [5, 5.41) is 3.55. The van der Waals surface area contributed by atoms with E-state index in [1.165, 1.54) is 0 Å². The average molecular weight is 300 g/mol. The van der Waals surface area contributed by atoms with Gasteiger partial charge in [0.05, 0.1) is 10.6 Å². The highest BCUT2D eigenvalue weighted by atomic mass is 35.5. The molecule has 0 aliphatic carbocycles. The van der Waals surface area contributed by atoms with Gasteiger partial charge >= 0.3 is 0 Å². The molecule has 2 heterocycles. The van der Waals surface area contributed by atoms with Gasteiger partial charge in [0.25, 0.3) is 5.91 Å². The molecule has 1 aliphatic rings. The lowest BCUT2D eigenvalue weighted by Crippen LogP contribution is -2.44. The van der Waals surface area contributed by atoms with E-state index in [-0.39, 0.29) is 11.9 Å². The van der Waals surface area contributed by atoms with Crippen molar-refractivity contribution in [3.05, 3.63) is 22.8 Å². The van der Waals surface area contributed by atoms with E-state index in [0.29, 0.717) is 16.4 Å². The first-order valence-electron chi connectivity index (χ1n) is 6.41. The van der Waals surface area contributed by atoms with Crippen LogP contribution in [0.2, 0.25) is 5.02 Å². The first-order chi connectivity index (χ1) is 9.13. The van der Waals surface area contributed by atoms with Crippen molar-refractivity contribution in [2.75, 3.05) is 29.9 Å². The molecule has 1 unspecified atom stereocenters. The maximum Gasteiger partial charge on any atom is 0.255 e. The van der Waals surface area contributed by atoms with Crippen LogP contribution in [0.15, 0.2) is 12.3 Å². The zero-order valence-corrected chi connectivity index (χ0v) is 12.7. The first-order valence-corrected chi connectivity index (χ1v) is 7.95. The van der Waals surface area contributed by atoms with Gasteiger partial charge < -0.3 is 10.2 Å². The van der Waals surface area contributed by atoms with E-state index < -0.39 is 0 Å². The molecule has 1 aromatic rings. The lowest BCUT2D eigenvalue weighted by atomic mass is 10.2. The second-order valence-electron chi connectivity index (χ2n) is 4.51. The Morgan fingerprint density at radius 1 is 1.68 bits per heavy atom. The Balaban J connectivity index is 2.17. The highest BCUT2D eigenvalue weighted by Crippen LogP contribution is 2.23. The zero-order chi connectivity index (χ0) is 13.8. The van der Waals surface area contributed by atoms with Gasteiger partial charge in [0.2, 0.25) is 0 Å². The molecule has 0 radical (unpaired) electrons. The normalized spacial score (nSPS) is 19.3. The number of carbonyl (C=O) groups excluding carboxylic acids is 1. The maximum atomic E-state index is 12.4. The predicted octanol–water partition coefficient (Wildman–Crippen LogP) is 2.74. The van der Waals surface area contributed by atoms with Crippen LogP contribution >= 0.6 is 23.4 Å². The number of hydrogen-bond acceptors (Lipinski definition) is 4. The van der Waals surface area contributed by atoms with Crippen LogP contribution in [-0.4, -0.2) is 46.4 Å². The Kier molecular flexibility index (Phi) is 4.93. The van der Waals surface area contributed by atoms with Gasteiger partial charge in [-0.25, -0.2) is 4.98 Å². The number of nitrogens with zero attached hydrogens (tertiary/aromatic N) is 2. The molecule has 2 rings (SSSR count). The van der Waals surface area contributed by atoms with Crippen LogP contribution in [-0.2, 0) is 0 Å². The van der Waals surface area contributed by atoms with Crippen molar-refractivity contribution in [1.29, 1.82) is 0 Å². The molecule has 4 nitrogen and oxygen atoms in total. The zero-order valence-electron chi connectivity index (χ0n) is 11.1. The van der Waals surface area contributed by atoms with Crippen molar-refractivity contribution in [1.82, 2.24) is 9.88 Å². The van der Waals surface area contributed by atoms with Crippen LogP contribution in [0.3, 0.4) is 0 Å². The maximum absolute atomic E-state index is 12.4. The molecular formula is C13H18ClN3OS. The number of thioether (sulfide) groups is 1. The van der Waals surface area contributed by atoms with E-state index in [9.17, 15) is 4.79 Å². The largest absolute Gasteiger partial charge is 0.369 e. The Bertz CT molecular complexity index is 469. The lowest BCUT2D eigenvalue weighted by Gasteiger charge is -2.33. The number of halogens is 1. The van der Waals surface area contributed by atoms with Crippen LogP contribution in [0.25, 0.3) is 0 Å². The fourth-order valence-corrected chi connectivity index (χ4v) is 3.29. The van der Waals surface area contributed by atoms with Crippen molar-refractivity contribution < 1.29 is 4.79 Å². The summed E-state index contributed by atoms with van der Waals surface area (Å²) in [7, 11) is 0. The first kappa shape index (κ1) is 14.5. The van der Waals surface area contributed by atoms with E-state index >= 15 is 0 Å². The SMILES string of the molecule is CCNc1ncc(C(=O)N2CCSCC2C)cc1Cl. The van der Waals surface area contributed by atoms with Crippen molar-refractivity contribution in [3.63, 3.8) is 0 Å². The number of rotatable bonds is 3. The highest BCUT2D eigenvalue weighted by Gasteiger charge is 2.25. The van der Waals surface area contributed by atoms with E-state index in [0.717, 1.165) is 24.6 Å². The molecule has 0 spiro atoms. The molecule has 0 bridgehead atoms. The van der Waals surface area contributed by atoms with Gasteiger partial charge in [-0.3, -0.25) is 4.79 Å². The van der Waals surface area contributed by atoms with Crippen molar-refractivity contribution >= 4 is 35.1 Å². The minimum absolute atomic E-state index is 0.0187. The monoisotopic (exact) mass is 299 g/mol. The quantitative estimate of drug-likeness (QED) is 0.932. The molecule has 1 aliphatic heterocycles. The van der Waals surface area contributed by atoms with Gasteiger partial charge in [-0.15, -0.1) is 0 Å². The molecular weight excluding hydrogens is 282 g/mol. The van der Waals surface area contributed by atoms with Gasteiger partial charge in [0.1, 0.15) is 5.82 Å². The van der Waals surface area contributed by atoms with Crippen molar-refractivity contribution in [2.24, 2.45) is 0 Å². The molecule has 1 atom stereocenters. The van der Waals surface area contributed by atoms with Crippen LogP contribution in [0, 0.1) is 0 Å². The molecule has 6 heteroatoms. The standard InChI is InChI=1S/C13H18ClN3OS/c1-3-15-12-11(14)6-10(7-16-12)13(18)17-4-5-19-8-9(17)2/h6-7,9H,3-5,8H2,1-2H3,(H,15,16). The van der Waals surface area contributed by atoms with E-state index in [2.05, 4.69) is 17.2 Å². The second-order valence-corrected chi connectivity index (χ2v) is 6.06. The van der Waals surface area contributed by atoms with Crippen LogP contribution in [0.5, 0.6) is 0 Å². The second kappa shape index (κ2) is 6.48. The Labute approximate surface area is 122 Å². The molecule has 1 N–H and O–H groups in total. The van der Waals surface area contributed by atoms with Crippen LogP contribution in [0.4, 0.5) is 5.82 Å². The van der Waals surface area contributed by atoms with E-state index in [4.69, 9.17) is 11.6 Å². The number of anilines is 1. The fraction of sp³-hybridized carbons (Fsp3) is 0.538. The minimum Gasteiger partial charge on any atom is -0.369 e. The van der Waals surface area contributed by atoms with E-state index in [1.807, 2.05) is 23.6 Å². The number of hydrogen-bond donors (Lipinski definition) is 1. The molecule has 104 valence electrons. The summed E-state index contributed by atoms with van der Waals surface area (Å²) in [4.78, 5) is 18.5. The smallest absolute Gasteiger partial charge is 0.255 e. The number of nitrogens with one attached hydrogen (secondary N) is 1. The summed E-state index contributed by atoms with van der Waals surface area (Å²) in [6, 6.07) is 1.96. The number of amides is 1. The Morgan fingerprint density at radius 3 is 3.11 bits per heavy atom. The number of carbonyl (C=O) groups is 1. The Hall–Kier alpha value is -0.940. The van der Waals surface area contributed by atoms with Gasteiger partial charge in [-0.05, 0) is 19.9 Å². The topological polar surface area (TPSA) is 45.2 Å². The van der Waals surface area contributed by atoms with Gasteiger partial charge in [0, 0.05) is 36.8 Å². The third-order valence-corrected chi connectivity index (χ3v) is 4.54. The molecule has 19 heavy (non-hydrogen) atoms. The third kappa shape index (κ3) is 3.34. The van der Waals surface area contributed by atoms with Crippen LogP contribution in [0.1, 0.15) is 24.2 Å². The van der Waals surface area contributed by atoms with E-state index in [1.54, 1.807) is 12.3 Å². The summed E-state index contributed by atoms with van der Waals surface area (Å²) in [6.07, 6.45) is 1.60. The molecule has 1 aromatic heterocycles. The van der Waals surface area contributed by atoms with Crippen LogP contribution < -0.4 is 5.32 Å². The predicted molar refractivity (Wildman–Crippen MR) is 81.2 cm³/mol. The average Bonchev–Trinajstić information content (AvgIpc) is 2.41. The molecule has 1 fully saturated rings. The summed E-state index contributed by atoms with van der Waals surface area (Å²) in [5.74, 6) is 2.63. The number of aromatic nitrogens is 1. The summed E-state index contributed by atoms with van der Waals surface area (Å²) in [5.41, 5.74) is 0.561. The fourth-order valence-electron chi connectivity index (χ4n) is 2.05. The summed E-state index contributed by atoms with van der Waals surface area (Å²) >= 11 is 8.01. The van der Waals surface area contributed by atoms with Gasteiger partial charge in [-0.2, -0.15) is 11.8 Å². The van der Waals surface area contributed by atoms with Gasteiger partial charge in [0.15, 0.2) is 0 Å². The Morgan fingerprint density at radius 2 is 2.47 bits per heavy atom. The third-order valence-electron chi connectivity index (χ3n) is 3.06. The molecule has 1 amide bonds. The molecule has 0 saturated carbocycles. The van der Waals surface area contributed by atoms with Gasteiger partial charge in [-0.1, -0.05) is 11.6 Å². The minimum atomic E-state index is 0.0187. The summed E-state index contributed by atoms with van der Waals surface area (Å²) in [6.45, 7) is 5.59. The molecule has 0 aromatic carbocycles. The molecule has 1 saturated heterocycles.